The fraction of sp³-hybridized carbons (Fsp3) is 0.267. The number of anilines is 1. The normalized spacial score (nSPS) is 13.9. The Bertz CT molecular complexity index is 1270. The van der Waals surface area contributed by atoms with Gasteiger partial charge in [0.15, 0.2) is 6.61 Å². The Balaban J connectivity index is 1.26. The van der Waals surface area contributed by atoms with Crippen LogP contribution in [-0.4, -0.2) is 42.7 Å². The minimum Gasteiger partial charge on any atom is -0.494 e. The summed E-state index contributed by atoms with van der Waals surface area (Å²) in [6, 6.07) is 31.0. The molecule has 0 unspecified atom stereocenters. The fourth-order valence-electron chi connectivity index (χ4n) is 4.72. The van der Waals surface area contributed by atoms with Crippen LogP contribution in [0, 0.1) is 11.3 Å². The summed E-state index contributed by atoms with van der Waals surface area (Å²) in [6.45, 7) is 5.84. The maximum Gasteiger partial charge on any atom is 0.236 e. The van der Waals surface area contributed by atoms with Crippen molar-refractivity contribution in [3.8, 4) is 17.6 Å². The number of rotatable bonds is 9. The van der Waals surface area contributed by atoms with Crippen molar-refractivity contribution >= 4 is 5.88 Å². The van der Waals surface area contributed by atoms with E-state index < -0.39 is 0 Å². The van der Waals surface area contributed by atoms with E-state index in [1.54, 1.807) is 0 Å². The van der Waals surface area contributed by atoms with Crippen molar-refractivity contribution in [3.63, 3.8) is 0 Å². The van der Waals surface area contributed by atoms with Crippen molar-refractivity contribution in [2.75, 3.05) is 37.7 Å². The number of ether oxygens (including phenoxy) is 2. The summed E-state index contributed by atoms with van der Waals surface area (Å²) in [4.78, 5) is 8.97. The molecule has 1 fully saturated rings. The fourth-order valence-corrected chi connectivity index (χ4v) is 4.72. The van der Waals surface area contributed by atoms with E-state index in [1.165, 1.54) is 11.1 Å². The van der Waals surface area contributed by atoms with Gasteiger partial charge in [0.05, 0.1) is 12.6 Å². The first-order valence-corrected chi connectivity index (χ1v) is 12.6. The van der Waals surface area contributed by atoms with Crippen LogP contribution < -0.4 is 14.4 Å². The molecule has 3 aromatic carbocycles. The van der Waals surface area contributed by atoms with Gasteiger partial charge in [0.2, 0.25) is 17.5 Å². The first kappa shape index (κ1) is 24.4. The van der Waals surface area contributed by atoms with Crippen LogP contribution in [0.4, 0.5) is 5.88 Å². The van der Waals surface area contributed by atoms with Gasteiger partial charge in [0.25, 0.3) is 0 Å². The number of hydrogen-bond donors (Lipinski definition) is 0. The van der Waals surface area contributed by atoms with Gasteiger partial charge in [-0.1, -0.05) is 60.7 Å². The monoisotopic (exact) mass is 494 g/mol. The van der Waals surface area contributed by atoms with Crippen LogP contribution in [0.15, 0.2) is 89.3 Å². The highest BCUT2D eigenvalue weighted by atomic mass is 16.5. The standard InChI is InChI=1S/C30H30N4O3/c1-2-35-25-13-15-26(16-14-25)36-22-28-32-27(21-31)30(37-28)34-19-17-33(18-20-34)29(23-9-5-3-6-10-23)24-11-7-4-8-12-24/h3-16,29H,2,17-20,22H2,1H3. The zero-order valence-corrected chi connectivity index (χ0v) is 20.9. The zero-order chi connectivity index (χ0) is 25.5. The molecule has 0 amide bonds. The second-order valence-electron chi connectivity index (χ2n) is 8.81. The molecule has 188 valence electrons. The van der Waals surface area contributed by atoms with Gasteiger partial charge >= 0.3 is 0 Å². The van der Waals surface area contributed by atoms with Crippen molar-refractivity contribution in [1.29, 1.82) is 5.26 Å². The van der Waals surface area contributed by atoms with Crippen molar-refractivity contribution in [3.05, 3.63) is 108 Å². The molecule has 0 atom stereocenters. The number of nitriles is 1. The number of piperazine rings is 1. The lowest BCUT2D eigenvalue weighted by Crippen LogP contribution is -2.48. The molecule has 0 N–H and O–H groups in total. The molecule has 0 spiro atoms. The molecule has 0 radical (unpaired) electrons. The Morgan fingerprint density at radius 2 is 1.41 bits per heavy atom. The number of benzene rings is 3. The maximum absolute atomic E-state index is 9.70. The highest BCUT2D eigenvalue weighted by molar-refractivity contribution is 5.48. The summed E-state index contributed by atoms with van der Waals surface area (Å²) in [5.74, 6) is 2.38. The largest absolute Gasteiger partial charge is 0.494 e. The molecular weight excluding hydrogens is 464 g/mol. The second kappa shape index (κ2) is 11.6. The minimum absolute atomic E-state index is 0.146. The lowest BCUT2D eigenvalue weighted by atomic mass is 9.96. The molecule has 1 saturated heterocycles. The summed E-state index contributed by atoms with van der Waals surface area (Å²) in [7, 11) is 0. The van der Waals surface area contributed by atoms with Gasteiger partial charge < -0.3 is 18.8 Å². The molecule has 7 nitrogen and oxygen atoms in total. The summed E-state index contributed by atoms with van der Waals surface area (Å²) in [5, 5.41) is 9.70. The predicted octanol–water partition coefficient (Wildman–Crippen LogP) is 5.44. The molecule has 7 heteroatoms. The van der Waals surface area contributed by atoms with Crippen molar-refractivity contribution in [2.24, 2.45) is 0 Å². The Kier molecular flexibility index (Phi) is 7.68. The van der Waals surface area contributed by atoms with Crippen LogP contribution in [0.3, 0.4) is 0 Å². The lowest BCUT2D eigenvalue weighted by molar-refractivity contribution is 0.208. The van der Waals surface area contributed by atoms with Crippen LogP contribution in [0.1, 0.15) is 35.7 Å². The third kappa shape index (κ3) is 5.76. The Hall–Kier alpha value is -4.28. The van der Waals surface area contributed by atoms with Crippen LogP contribution in [0.5, 0.6) is 11.5 Å². The molecule has 2 heterocycles. The first-order chi connectivity index (χ1) is 18.2. The number of hydrogen-bond acceptors (Lipinski definition) is 7. The number of aromatic nitrogens is 1. The van der Waals surface area contributed by atoms with Crippen LogP contribution in [0.25, 0.3) is 0 Å². The molecule has 0 aliphatic carbocycles. The average Bonchev–Trinajstić information content (AvgIpc) is 3.38. The van der Waals surface area contributed by atoms with Crippen molar-refractivity contribution in [2.45, 2.75) is 19.6 Å². The average molecular weight is 495 g/mol. The van der Waals surface area contributed by atoms with E-state index in [9.17, 15) is 5.26 Å². The van der Waals surface area contributed by atoms with Gasteiger partial charge in [-0.15, -0.1) is 0 Å². The van der Waals surface area contributed by atoms with Gasteiger partial charge in [-0.25, -0.2) is 0 Å². The Morgan fingerprint density at radius 1 is 0.838 bits per heavy atom. The second-order valence-corrected chi connectivity index (χ2v) is 8.81. The molecule has 0 saturated carbocycles. The highest BCUT2D eigenvalue weighted by Crippen LogP contribution is 2.31. The van der Waals surface area contributed by atoms with E-state index >= 15 is 0 Å². The quantitative estimate of drug-likeness (QED) is 0.307. The van der Waals surface area contributed by atoms with Crippen LogP contribution >= 0.6 is 0 Å². The first-order valence-electron chi connectivity index (χ1n) is 12.6. The molecular formula is C30H30N4O3. The molecule has 37 heavy (non-hydrogen) atoms. The molecule has 5 rings (SSSR count). The summed E-state index contributed by atoms with van der Waals surface area (Å²) >= 11 is 0. The van der Waals surface area contributed by atoms with Crippen LogP contribution in [-0.2, 0) is 6.61 Å². The SMILES string of the molecule is CCOc1ccc(OCc2nc(C#N)c(N3CCN(C(c4ccccc4)c4ccccc4)CC3)o2)cc1. The van der Waals surface area contributed by atoms with E-state index in [0.29, 0.717) is 29.8 Å². The van der Waals surface area contributed by atoms with Gasteiger partial charge in [0, 0.05) is 26.2 Å². The topological polar surface area (TPSA) is 74.8 Å². The van der Waals surface area contributed by atoms with Gasteiger partial charge in [-0.3, -0.25) is 4.90 Å². The Morgan fingerprint density at radius 3 is 1.95 bits per heavy atom. The van der Waals surface area contributed by atoms with Gasteiger partial charge in [-0.05, 0) is 42.3 Å². The van der Waals surface area contributed by atoms with Crippen molar-refractivity contribution < 1.29 is 13.9 Å². The smallest absolute Gasteiger partial charge is 0.236 e. The molecule has 4 aromatic rings. The Labute approximate surface area is 217 Å². The third-order valence-corrected chi connectivity index (χ3v) is 6.45. The van der Waals surface area contributed by atoms with Gasteiger partial charge in [0.1, 0.15) is 17.6 Å². The summed E-state index contributed by atoms with van der Waals surface area (Å²) in [6.07, 6.45) is 0. The van der Waals surface area contributed by atoms with E-state index in [4.69, 9.17) is 13.9 Å². The molecule has 0 bridgehead atoms. The molecule has 1 aromatic heterocycles. The number of nitrogens with zero attached hydrogens (tertiary/aromatic N) is 4. The van der Waals surface area contributed by atoms with Crippen LogP contribution in [0.2, 0.25) is 0 Å². The van der Waals surface area contributed by atoms with E-state index in [-0.39, 0.29) is 12.6 Å². The van der Waals surface area contributed by atoms with E-state index in [2.05, 4.69) is 69.4 Å². The molecule has 1 aliphatic rings. The summed E-state index contributed by atoms with van der Waals surface area (Å²) in [5.41, 5.74) is 2.84. The molecule has 1 aliphatic heterocycles. The maximum atomic E-state index is 9.70. The van der Waals surface area contributed by atoms with E-state index in [1.807, 2.05) is 43.3 Å². The highest BCUT2D eigenvalue weighted by Gasteiger charge is 2.29. The summed E-state index contributed by atoms with van der Waals surface area (Å²) < 4.78 is 17.3. The zero-order valence-electron chi connectivity index (χ0n) is 20.9. The minimum atomic E-state index is 0.146. The van der Waals surface area contributed by atoms with Crippen molar-refractivity contribution in [1.82, 2.24) is 9.88 Å². The lowest BCUT2D eigenvalue weighted by Gasteiger charge is -2.39. The van der Waals surface area contributed by atoms with Gasteiger partial charge in [-0.2, -0.15) is 10.2 Å². The van der Waals surface area contributed by atoms with E-state index in [0.717, 1.165) is 31.9 Å². The third-order valence-electron chi connectivity index (χ3n) is 6.45. The number of oxazole rings is 1. The predicted molar refractivity (Wildman–Crippen MR) is 142 cm³/mol.